The van der Waals surface area contributed by atoms with E-state index in [1.54, 1.807) is 0 Å². The predicted octanol–water partition coefficient (Wildman–Crippen LogP) is -2.44. The summed E-state index contributed by atoms with van der Waals surface area (Å²) in [4.78, 5) is 0. The lowest BCUT2D eigenvalue weighted by Crippen LogP contribution is -2.69. The third kappa shape index (κ3) is 1.54. The molecular weight excluding hydrogens is 192 g/mol. The van der Waals surface area contributed by atoms with Crippen molar-refractivity contribution in [3.05, 3.63) is 0 Å². The van der Waals surface area contributed by atoms with Crippen LogP contribution in [0.25, 0.3) is 0 Å². The van der Waals surface area contributed by atoms with Gasteiger partial charge in [0.25, 0.3) is 0 Å². The number of aliphatic hydroxyl groups is 5. The molecular formula is C8H16O6. The third-order valence-electron chi connectivity index (χ3n) is 2.72. The van der Waals surface area contributed by atoms with Gasteiger partial charge in [0.05, 0.1) is 6.61 Å². The molecule has 0 amide bonds. The smallest absolute Gasteiger partial charge is 0.187 e. The van der Waals surface area contributed by atoms with E-state index in [4.69, 9.17) is 9.84 Å². The molecule has 5 atom stereocenters. The van der Waals surface area contributed by atoms with Crippen LogP contribution in [-0.4, -0.2) is 61.8 Å². The number of hydrogen-bond acceptors (Lipinski definition) is 6. The summed E-state index contributed by atoms with van der Waals surface area (Å²) in [7, 11) is 0. The zero-order chi connectivity index (χ0) is 11.1. The molecule has 6 heteroatoms. The van der Waals surface area contributed by atoms with Crippen molar-refractivity contribution in [3.63, 3.8) is 0 Å². The van der Waals surface area contributed by atoms with Gasteiger partial charge in [0.2, 0.25) is 0 Å². The van der Waals surface area contributed by atoms with Gasteiger partial charge in [-0.05, 0) is 13.8 Å². The van der Waals surface area contributed by atoms with E-state index in [9.17, 15) is 20.4 Å². The molecule has 3 unspecified atom stereocenters. The standard InChI is InChI=1S/C8H16O6/c1-7(3-9)4(10)5(11)8(2,13)6(12)14-7/h4-6,9-13H,3H2,1-2H3/t4-,5?,6-,7?,8?/m1/s1. The van der Waals surface area contributed by atoms with Crippen molar-refractivity contribution in [1.82, 2.24) is 0 Å². The average Bonchev–Trinajstić information content (AvgIpc) is 2.13. The van der Waals surface area contributed by atoms with Gasteiger partial charge in [-0.15, -0.1) is 0 Å². The van der Waals surface area contributed by atoms with Crippen LogP contribution < -0.4 is 0 Å². The van der Waals surface area contributed by atoms with Gasteiger partial charge < -0.3 is 30.3 Å². The molecule has 0 spiro atoms. The first-order valence-corrected chi connectivity index (χ1v) is 4.31. The fraction of sp³-hybridized carbons (Fsp3) is 1.00. The molecule has 0 saturated carbocycles. The molecule has 5 N–H and O–H groups in total. The van der Waals surface area contributed by atoms with Crippen LogP contribution in [0.4, 0.5) is 0 Å². The number of ether oxygens (including phenoxy) is 1. The Morgan fingerprint density at radius 1 is 1.14 bits per heavy atom. The summed E-state index contributed by atoms with van der Waals surface area (Å²) in [6.07, 6.45) is -4.70. The second kappa shape index (κ2) is 3.41. The van der Waals surface area contributed by atoms with E-state index < -0.39 is 36.3 Å². The van der Waals surface area contributed by atoms with Gasteiger partial charge >= 0.3 is 0 Å². The highest BCUT2D eigenvalue weighted by Crippen LogP contribution is 2.34. The normalized spacial score (nSPS) is 54.6. The van der Waals surface area contributed by atoms with Crippen LogP contribution in [-0.2, 0) is 4.74 Å². The highest BCUT2D eigenvalue weighted by Gasteiger charge is 2.56. The van der Waals surface area contributed by atoms with Crippen LogP contribution in [0.1, 0.15) is 13.8 Å². The quantitative estimate of drug-likeness (QED) is 0.327. The van der Waals surface area contributed by atoms with Crippen molar-refractivity contribution in [2.24, 2.45) is 0 Å². The van der Waals surface area contributed by atoms with E-state index in [0.717, 1.165) is 6.92 Å². The summed E-state index contributed by atoms with van der Waals surface area (Å²) in [5.41, 5.74) is -3.42. The van der Waals surface area contributed by atoms with Gasteiger partial charge in [-0.2, -0.15) is 0 Å². The molecule has 1 heterocycles. The van der Waals surface area contributed by atoms with E-state index in [0.29, 0.717) is 0 Å². The van der Waals surface area contributed by atoms with Gasteiger partial charge in [0, 0.05) is 0 Å². The Morgan fingerprint density at radius 2 is 1.64 bits per heavy atom. The molecule has 0 radical (unpaired) electrons. The lowest BCUT2D eigenvalue weighted by atomic mass is 9.82. The maximum atomic E-state index is 9.54. The number of hydrogen-bond donors (Lipinski definition) is 5. The zero-order valence-corrected chi connectivity index (χ0v) is 8.08. The second-order valence-corrected chi connectivity index (χ2v) is 4.06. The molecule has 1 saturated heterocycles. The van der Waals surface area contributed by atoms with Crippen molar-refractivity contribution in [3.8, 4) is 0 Å². The minimum absolute atomic E-state index is 0.571. The zero-order valence-electron chi connectivity index (χ0n) is 8.08. The maximum Gasteiger partial charge on any atom is 0.187 e. The Morgan fingerprint density at radius 3 is 2.07 bits per heavy atom. The molecule has 0 bridgehead atoms. The first-order valence-electron chi connectivity index (χ1n) is 4.31. The summed E-state index contributed by atoms with van der Waals surface area (Å²) in [5.74, 6) is 0. The van der Waals surface area contributed by atoms with E-state index in [1.165, 1.54) is 6.92 Å². The van der Waals surface area contributed by atoms with Crippen LogP contribution in [0.5, 0.6) is 0 Å². The maximum absolute atomic E-state index is 9.54. The van der Waals surface area contributed by atoms with Crippen LogP contribution in [0, 0.1) is 0 Å². The Bertz CT molecular complexity index is 216. The van der Waals surface area contributed by atoms with Gasteiger partial charge in [-0.1, -0.05) is 0 Å². The Labute approximate surface area is 81.4 Å². The van der Waals surface area contributed by atoms with Crippen LogP contribution in [0.15, 0.2) is 0 Å². The first kappa shape index (κ1) is 11.8. The van der Waals surface area contributed by atoms with E-state index in [1.807, 2.05) is 0 Å². The molecule has 0 aromatic carbocycles. The summed E-state index contributed by atoms with van der Waals surface area (Å²) < 4.78 is 4.87. The molecule has 14 heavy (non-hydrogen) atoms. The van der Waals surface area contributed by atoms with E-state index >= 15 is 0 Å². The topological polar surface area (TPSA) is 110 Å². The minimum atomic E-state index is -1.95. The molecule has 0 aromatic heterocycles. The van der Waals surface area contributed by atoms with E-state index in [2.05, 4.69) is 0 Å². The number of aliphatic hydroxyl groups excluding tert-OH is 4. The Balaban J connectivity index is 2.95. The third-order valence-corrected chi connectivity index (χ3v) is 2.72. The average molecular weight is 208 g/mol. The van der Waals surface area contributed by atoms with Crippen LogP contribution in [0.3, 0.4) is 0 Å². The first-order chi connectivity index (χ1) is 6.25. The van der Waals surface area contributed by atoms with Crippen molar-refractivity contribution in [1.29, 1.82) is 0 Å². The molecule has 1 aliphatic heterocycles. The molecule has 1 aliphatic rings. The van der Waals surface area contributed by atoms with Crippen LogP contribution >= 0.6 is 0 Å². The summed E-state index contributed by atoms with van der Waals surface area (Å²) in [6, 6.07) is 0. The van der Waals surface area contributed by atoms with Gasteiger partial charge in [0.1, 0.15) is 23.4 Å². The van der Waals surface area contributed by atoms with Crippen LogP contribution in [0.2, 0.25) is 0 Å². The highest BCUT2D eigenvalue weighted by atomic mass is 16.7. The van der Waals surface area contributed by atoms with Crippen molar-refractivity contribution >= 4 is 0 Å². The molecule has 0 aromatic rings. The molecule has 1 rings (SSSR count). The number of rotatable bonds is 1. The minimum Gasteiger partial charge on any atom is -0.393 e. The summed E-state index contributed by atoms with van der Waals surface area (Å²) in [5, 5.41) is 46.9. The fourth-order valence-electron chi connectivity index (χ4n) is 1.37. The van der Waals surface area contributed by atoms with Gasteiger partial charge in [-0.3, -0.25) is 0 Å². The lowest BCUT2D eigenvalue weighted by Gasteiger charge is -2.49. The highest BCUT2D eigenvalue weighted by molar-refractivity contribution is 5.02. The predicted molar refractivity (Wildman–Crippen MR) is 45.2 cm³/mol. The van der Waals surface area contributed by atoms with Crippen molar-refractivity contribution < 1.29 is 30.3 Å². The summed E-state index contributed by atoms with van der Waals surface area (Å²) in [6.45, 7) is 1.90. The van der Waals surface area contributed by atoms with E-state index in [-0.39, 0.29) is 0 Å². The SMILES string of the molecule is CC1(CO)O[C@@H](O)C(C)(O)C(O)[C@H]1O. The molecule has 1 fully saturated rings. The lowest BCUT2D eigenvalue weighted by molar-refractivity contribution is -0.353. The Kier molecular flexibility index (Phi) is 2.88. The summed E-state index contributed by atoms with van der Waals surface area (Å²) >= 11 is 0. The molecule has 0 aliphatic carbocycles. The Hall–Kier alpha value is -0.240. The largest absolute Gasteiger partial charge is 0.393 e. The fourth-order valence-corrected chi connectivity index (χ4v) is 1.37. The second-order valence-electron chi connectivity index (χ2n) is 4.06. The van der Waals surface area contributed by atoms with Gasteiger partial charge in [-0.25, -0.2) is 0 Å². The molecule has 6 nitrogen and oxygen atoms in total. The monoisotopic (exact) mass is 208 g/mol. The van der Waals surface area contributed by atoms with Crippen molar-refractivity contribution in [2.45, 2.75) is 43.5 Å². The van der Waals surface area contributed by atoms with Gasteiger partial charge in [0.15, 0.2) is 6.29 Å². The van der Waals surface area contributed by atoms with Crippen molar-refractivity contribution in [2.75, 3.05) is 6.61 Å². The molecule has 84 valence electrons.